The van der Waals surface area contributed by atoms with Crippen LogP contribution >= 0.6 is 0 Å². The fourth-order valence-electron chi connectivity index (χ4n) is 5.16. The van der Waals surface area contributed by atoms with E-state index in [2.05, 4.69) is 6.92 Å². The number of carboxylic acids is 1. The highest BCUT2D eigenvalue weighted by Gasteiger charge is 2.26. The number of hydrogen-bond donors (Lipinski definition) is 1. The summed E-state index contributed by atoms with van der Waals surface area (Å²) >= 11 is 0. The van der Waals surface area contributed by atoms with Gasteiger partial charge < -0.3 is 14.6 Å². The summed E-state index contributed by atoms with van der Waals surface area (Å²) in [5, 5.41) is 9.27. The summed E-state index contributed by atoms with van der Waals surface area (Å²) in [6, 6.07) is 1.01. The van der Waals surface area contributed by atoms with Gasteiger partial charge in [0.1, 0.15) is 17.1 Å². The van der Waals surface area contributed by atoms with Crippen LogP contribution in [0.4, 0.5) is 14.5 Å². The molecule has 3 rings (SSSR count). The topological polar surface area (TPSA) is 62.5 Å². The Morgan fingerprint density at radius 1 is 0.914 bits per heavy atom. The highest BCUT2D eigenvalue weighted by atomic mass is 19.1. The van der Waals surface area contributed by atoms with E-state index in [1.807, 2.05) is 0 Å². The molecule has 0 amide bonds. The first-order chi connectivity index (χ1) is 17.0. The third kappa shape index (κ3) is 7.05. The maximum absolute atomic E-state index is 15.6. The Balaban J connectivity index is 1.64. The standard InChI is InChI=1S/C28H40F2N2O3/c1-2-3-4-5-6-7-8-9-10-11-12-13-18-32-20-22(28(34)35)27(33)21-19-23(29)26(24(30)25(21)32)31-16-14-15-17-31/h19-20H,2-18H2,1H3,(H,34,35). The molecule has 0 spiro atoms. The quantitative estimate of drug-likeness (QED) is 0.267. The van der Waals surface area contributed by atoms with E-state index in [1.165, 1.54) is 62.1 Å². The number of rotatable bonds is 15. The maximum Gasteiger partial charge on any atom is 0.341 e. The zero-order chi connectivity index (χ0) is 25.2. The first kappa shape index (κ1) is 27.2. The minimum Gasteiger partial charge on any atom is -0.477 e. The average molecular weight is 491 g/mol. The Hall–Kier alpha value is -2.44. The fourth-order valence-corrected chi connectivity index (χ4v) is 5.16. The summed E-state index contributed by atoms with van der Waals surface area (Å²) < 4.78 is 32.0. The van der Waals surface area contributed by atoms with Crippen molar-refractivity contribution in [3.8, 4) is 0 Å². The smallest absolute Gasteiger partial charge is 0.341 e. The zero-order valence-electron chi connectivity index (χ0n) is 21.1. The summed E-state index contributed by atoms with van der Waals surface area (Å²) in [5.74, 6) is -2.96. The molecule has 5 nitrogen and oxygen atoms in total. The molecule has 1 aromatic heterocycles. The molecule has 0 unspecified atom stereocenters. The van der Waals surface area contributed by atoms with Crippen molar-refractivity contribution in [1.82, 2.24) is 4.57 Å². The highest BCUT2D eigenvalue weighted by molar-refractivity contribution is 5.93. The number of pyridine rings is 1. The number of carboxylic acid groups (broad SMARTS) is 1. The molecule has 1 aromatic carbocycles. The second-order valence-corrected chi connectivity index (χ2v) is 9.87. The summed E-state index contributed by atoms with van der Waals surface area (Å²) in [6.45, 7) is 3.74. The van der Waals surface area contributed by atoms with Crippen molar-refractivity contribution in [3.05, 3.63) is 39.7 Å². The van der Waals surface area contributed by atoms with E-state index in [0.717, 1.165) is 44.6 Å². The van der Waals surface area contributed by atoms with Gasteiger partial charge in [0.05, 0.1) is 10.9 Å². The molecule has 1 fully saturated rings. The molecule has 194 valence electrons. The van der Waals surface area contributed by atoms with Crippen molar-refractivity contribution >= 4 is 22.6 Å². The normalized spacial score (nSPS) is 13.7. The molecule has 1 saturated heterocycles. The number of hydrogen-bond acceptors (Lipinski definition) is 3. The van der Waals surface area contributed by atoms with Gasteiger partial charge in [0.2, 0.25) is 5.43 Å². The van der Waals surface area contributed by atoms with Crippen LogP contribution in [0.25, 0.3) is 10.9 Å². The van der Waals surface area contributed by atoms with Gasteiger partial charge in [0, 0.05) is 25.8 Å². The van der Waals surface area contributed by atoms with Crippen molar-refractivity contribution in [2.75, 3.05) is 18.0 Å². The molecule has 35 heavy (non-hydrogen) atoms. The Labute approximate surface area is 207 Å². The van der Waals surface area contributed by atoms with E-state index in [4.69, 9.17) is 0 Å². The maximum atomic E-state index is 15.6. The molecule has 1 N–H and O–H groups in total. The minimum atomic E-state index is -1.38. The molecular weight excluding hydrogens is 450 g/mol. The SMILES string of the molecule is CCCCCCCCCCCCCCn1cc(C(=O)O)c(=O)c2cc(F)c(N3CCCC3)c(F)c21. The van der Waals surface area contributed by atoms with E-state index in [1.54, 1.807) is 4.90 Å². The molecule has 0 radical (unpaired) electrons. The number of anilines is 1. The van der Waals surface area contributed by atoms with Crippen LogP contribution in [0.15, 0.2) is 17.1 Å². The molecule has 1 aliphatic heterocycles. The lowest BCUT2D eigenvalue weighted by Crippen LogP contribution is -2.24. The van der Waals surface area contributed by atoms with Gasteiger partial charge in [-0.25, -0.2) is 13.6 Å². The zero-order valence-corrected chi connectivity index (χ0v) is 21.1. The second kappa shape index (κ2) is 13.6. The molecule has 2 heterocycles. The minimum absolute atomic E-state index is 0.00590. The molecule has 0 atom stereocenters. The van der Waals surface area contributed by atoms with Crippen molar-refractivity contribution in [1.29, 1.82) is 0 Å². The third-order valence-corrected chi connectivity index (χ3v) is 7.13. The largest absolute Gasteiger partial charge is 0.477 e. The summed E-state index contributed by atoms with van der Waals surface area (Å²) in [5.41, 5.74) is -1.40. The second-order valence-electron chi connectivity index (χ2n) is 9.87. The van der Waals surface area contributed by atoms with Gasteiger partial charge in [0.15, 0.2) is 5.82 Å². The van der Waals surface area contributed by atoms with Crippen LogP contribution < -0.4 is 10.3 Å². The van der Waals surface area contributed by atoms with Gasteiger partial charge in [-0.2, -0.15) is 0 Å². The lowest BCUT2D eigenvalue weighted by Gasteiger charge is -2.22. The van der Waals surface area contributed by atoms with Gasteiger partial charge in [-0.1, -0.05) is 77.6 Å². The number of aromatic nitrogens is 1. The monoisotopic (exact) mass is 490 g/mol. The van der Waals surface area contributed by atoms with Crippen molar-refractivity contribution in [2.45, 2.75) is 103 Å². The molecule has 0 saturated carbocycles. The molecule has 0 bridgehead atoms. The number of aryl methyl sites for hydroxylation is 1. The molecule has 0 aliphatic carbocycles. The lowest BCUT2D eigenvalue weighted by molar-refractivity contribution is 0.0694. The predicted octanol–water partition coefficient (Wildman–Crippen LogP) is 7.28. The molecular formula is C28H40F2N2O3. The van der Waals surface area contributed by atoms with Crippen LogP contribution in [0.2, 0.25) is 0 Å². The van der Waals surface area contributed by atoms with Crippen molar-refractivity contribution in [2.24, 2.45) is 0 Å². The van der Waals surface area contributed by atoms with Gasteiger partial charge in [0.25, 0.3) is 0 Å². The number of fused-ring (bicyclic) bond motifs is 1. The van der Waals surface area contributed by atoms with E-state index in [-0.39, 0.29) is 16.6 Å². The first-order valence-electron chi connectivity index (χ1n) is 13.5. The van der Waals surface area contributed by atoms with Crippen LogP contribution in [0, 0.1) is 11.6 Å². The number of benzene rings is 1. The van der Waals surface area contributed by atoms with E-state index in [9.17, 15) is 19.1 Å². The molecule has 2 aromatic rings. The number of carbonyl (C=O) groups is 1. The summed E-state index contributed by atoms with van der Waals surface area (Å²) in [4.78, 5) is 26.0. The van der Waals surface area contributed by atoms with Crippen LogP contribution in [-0.2, 0) is 6.54 Å². The van der Waals surface area contributed by atoms with Gasteiger partial charge in [-0.3, -0.25) is 4.79 Å². The van der Waals surface area contributed by atoms with Gasteiger partial charge >= 0.3 is 5.97 Å². The van der Waals surface area contributed by atoms with E-state index >= 15 is 4.39 Å². The van der Waals surface area contributed by atoms with Gasteiger partial charge in [-0.15, -0.1) is 0 Å². The van der Waals surface area contributed by atoms with Crippen LogP contribution in [0.1, 0.15) is 107 Å². The van der Waals surface area contributed by atoms with E-state index in [0.29, 0.717) is 19.6 Å². The Morgan fingerprint density at radius 2 is 1.46 bits per heavy atom. The molecule has 7 heteroatoms. The first-order valence-corrected chi connectivity index (χ1v) is 13.5. The van der Waals surface area contributed by atoms with Crippen molar-refractivity contribution < 1.29 is 18.7 Å². The molecule has 1 aliphatic rings. The van der Waals surface area contributed by atoms with Crippen LogP contribution in [0.5, 0.6) is 0 Å². The Morgan fingerprint density at radius 3 is 2.00 bits per heavy atom. The fraction of sp³-hybridized carbons (Fsp3) is 0.643. The third-order valence-electron chi connectivity index (χ3n) is 7.13. The number of nitrogens with zero attached hydrogens (tertiary/aromatic N) is 2. The number of halogens is 2. The lowest BCUT2D eigenvalue weighted by atomic mass is 10.0. The predicted molar refractivity (Wildman–Crippen MR) is 138 cm³/mol. The van der Waals surface area contributed by atoms with Crippen molar-refractivity contribution in [3.63, 3.8) is 0 Å². The Bertz CT molecular complexity index is 1040. The number of unbranched alkanes of at least 4 members (excludes halogenated alkanes) is 11. The average Bonchev–Trinajstić information content (AvgIpc) is 3.35. The van der Waals surface area contributed by atoms with Gasteiger partial charge in [-0.05, 0) is 25.3 Å². The van der Waals surface area contributed by atoms with Crippen LogP contribution in [0.3, 0.4) is 0 Å². The Kier molecular flexibility index (Phi) is 10.5. The van der Waals surface area contributed by atoms with Crippen LogP contribution in [-0.4, -0.2) is 28.7 Å². The summed E-state index contributed by atoms with van der Waals surface area (Å²) in [7, 11) is 0. The highest BCUT2D eigenvalue weighted by Crippen LogP contribution is 2.32. The summed E-state index contributed by atoms with van der Waals surface area (Å²) in [6.07, 6.45) is 17.2. The number of aromatic carboxylic acids is 1. The van der Waals surface area contributed by atoms with E-state index < -0.39 is 28.6 Å².